The fourth-order valence-electron chi connectivity index (χ4n) is 2.21. The summed E-state index contributed by atoms with van der Waals surface area (Å²) in [5, 5.41) is 7.81. The molecule has 0 atom stereocenters. The van der Waals surface area contributed by atoms with Crippen LogP contribution >= 0.6 is 11.6 Å². The number of benzene rings is 1. The molecule has 2 aromatic rings. The van der Waals surface area contributed by atoms with Gasteiger partial charge in [-0.05, 0) is 38.6 Å². The number of nitrogens with zero attached hydrogens (tertiary/aromatic N) is 3. The molecular formula is C16H21ClN4O. The van der Waals surface area contributed by atoms with Crippen molar-refractivity contribution in [2.75, 3.05) is 18.9 Å². The molecule has 0 aliphatic carbocycles. The lowest BCUT2D eigenvalue weighted by molar-refractivity contribution is -0.117. The zero-order chi connectivity index (χ0) is 16.1. The van der Waals surface area contributed by atoms with Crippen LogP contribution in [-0.4, -0.2) is 34.2 Å². The lowest BCUT2D eigenvalue weighted by Crippen LogP contribution is -2.30. The zero-order valence-electron chi connectivity index (χ0n) is 13.1. The molecule has 0 aliphatic rings. The first-order valence-corrected chi connectivity index (χ1v) is 7.60. The first-order valence-electron chi connectivity index (χ1n) is 7.22. The van der Waals surface area contributed by atoms with Crippen LogP contribution in [0.5, 0.6) is 0 Å². The minimum absolute atomic E-state index is 0.0566. The highest BCUT2D eigenvalue weighted by molar-refractivity contribution is 6.30. The van der Waals surface area contributed by atoms with Crippen LogP contribution in [0.2, 0.25) is 5.02 Å². The predicted octanol–water partition coefficient (Wildman–Crippen LogP) is 3.19. The molecule has 1 heterocycles. The van der Waals surface area contributed by atoms with Gasteiger partial charge in [-0.2, -0.15) is 5.10 Å². The van der Waals surface area contributed by atoms with Crippen molar-refractivity contribution in [3.05, 3.63) is 47.1 Å². The molecule has 118 valence electrons. The van der Waals surface area contributed by atoms with Crippen LogP contribution in [0, 0.1) is 0 Å². The van der Waals surface area contributed by atoms with Gasteiger partial charge in [0.1, 0.15) is 5.82 Å². The Morgan fingerprint density at radius 3 is 2.64 bits per heavy atom. The summed E-state index contributed by atoms with van der Waals surface area (Å²) in [6.45, 7) is 5.05. The smallest absolute Gasteiger partial charge is 0.239 e. The third-order valence-electron chi connectivity index (χ3n) is 3.21. The monoisotopic (exact) mass is 320 g/mol. The van der Waals surface area contributed by atoms with Gasteiger partial charge in [0.25, 0.3) is 0 Å². The quantitative estimate of drug-likeness (QED) is 0.889. The van der Waals surface area contributed by atoms with E-state index in [-0.39, 0.29) is 11.9 Å². The van der Waals surface area contributed by atoms with E-state index in [4.69, 9.17) is 11.6 Å². The summed E-state index contributed by atoms with van der Waals surface area (Å²) in [7, 11) is 1.91. The highest BCUT2D eigenvalue weighted by Gasteiger charge is 2.11. The second kappa shape index (κ2) is 7.42. The van der Waals surface area contributed by atoms with Crippen molar-refractivity contribution in [2.24, 2.45) is 0 Å². The average Bonchev–Trinajstić information content (AvgIpc) is 2.89. The summed E-state index contributed by atoms with van der Waals surface area (Å²) in [6.07, 6.45) is 1.69. The first kappa shape index (κ1) is 16.5. The normalized spacial score (nSPS) is 11.2. The molecule has 0 saturated carbocycles. The number of hydrogen-bond donors (Lipinski definition) is 1. The van der Waals surface area contributed by atoms with E-state index in [2.05, 4.69) is 10.4 Å². The molecule has 0 spiro atoms. The number of amides is 1. The van der Waals surface area contributed by atoms with Gasteiger partial charge < -0.3 is 5.32 Å². The van der Waals surface area contributed by atoms with E-state index in [1.165, 1.54) is 0 Å². The van der Waals surface area contributed by atoms with E-state index in [1.54, 1.807) is 16.9 Å². The Kier molecular flexibility index (Phi) is 5.57. The van der Waals surface area contributed by atoms with E-state index in [9.17, 15) is 4.79 Å². The second-order valence-electron chi connectivity index (χ2n) is 5.60. The molecule has 1 aromatic heterocycles. The largest absolute Gasteiger partial charge is 0.310 e. The number of aromatic nitrogens is 2. The number of nitrogens with one attached hydrogen (secondary N) is 1. The van der Waals surface area contributed by atoms with Gasteiger partial charge in [0, 0.05) is 23.7 Å². The number of carbonyl (C=O) groups excluding carboxylic acids is 1. The molecule has 2 rings (SSSR count). The summed E-state index contributed by atoms with van der Waals surface area (Å²) < 4.78 is 1.79. The fraction of sp³-hybridized carbons (Fsp3) is 0.375. The molecule has 0 saturated heterocycles. The Balaban J connectivity index is 1.88. The Labute approximate surface area is 135 Å². The van der Waals surface area contributed by atoms with Crippen LogP contribution < -0.4 is 5.32 Å². The van der Waals surface area contributed by atoms with Gasteiger partial charge in [-0.1, -0.05) is 23.7 Å². The van der Waals surface area contributed by atoms with Crippen molar-refractivity contribution in [3.8, 4) is 0 Å². The molecular weight excluding hydrogens is 300 g/mol. The zero-order valence-corrected chi connectivity index (χ0v) is 13.8. The van der Waals surface area contributed by atoms with Gasteiger partial charge in [-0.25, -0.2) is 4.68 Å². The molecule has 1 amide bonds. The van der Waals surface area contributed by atoms with Gasteiger partial charge >= 0.3 is 0 Å². The molecule has 1 aromatic carbocycles. The third-order valence-corrected chi connectivity index (χ3v) is 3.46. The molecule has 22 heavy (non-hydrogen) atoms. The fourth-order valence-corrected chi connectivity index (χ4v) is 2.34. The number of hydrogen-bond acceptors (Lipinski definition) is 3. The molecule has 0 aliphatic heterocycles. The van der Waals surface area contributed by atoms with Gasteiger partial charge in [0.15, 0.2) is 0 Å². The average molecular weight is 321 g/mol. The van der Waals surface area contributed by atoms with Crippen LogP contribution in [0.1, 0.15) is 25.5 Å². The summed E-state index contributed by atoms with van der Waals surface area (Å²) in [5.41, 5.74) is 1.12. The van der Waals surface area contributed by atoms with Crippen molar-refractivity contribution in [3.63, 3.8) is 0 Å². The summed E-state index contributed by atoms with van der Waals surface area (Å²) in [4.78, 5) is 14.1. The van der Waals surface area contributed by atoms with E-state index >= 15 is 0 Å². The van der Waals surface area contributed by atoms with Crippen LogP contribution in [0.4, 0.5) is 5.82 Å². The number of carbonyl (C=O) groups is 1. The molecule has 0 radical (unpaired) electrons. The molecule has 0 unspecified atom stereocenters. The number of halogens is 1. The predicted molar refractivity (Wildman–Crippen MR) is 89.0 cm³/mol. The van der Waals surface area contributed by atoms with Crippen molar-refractivity contribution >= 4 is 23.3 Å². The van der Waals surface area contributed by atoms with Crippen LogP contribution in [0.3, 0.4) is 0 Å². The lowest BCUT2D eigenvalue weighted by Gasteiger charge is -2.17. The Hall–Kier alpha value is -1.85. The van der Waals surface area contributed by atoms with Crippen molar-refractivity contribution < 1.29 is 4.79 Å². The highest BCUT2D eigenvalue weighted by Crippen LogP contribution is 2.13. The second-order valence-corrected chi connectivity index (χ2v) is 6.04. The van der Waals surface area contributed by atoms with E-state index < -0.39 is 0 Å². The van der Waals surface area contributed by atoms with Crippen LogP contribution in [0.25, 0.3) is 0 Å². The third kappa shape index (κ3) is 4.58. The number of likely N-dealkylation sites (N-methyl/N-ethyl adjacent to an activating group) is 1. The lowest BCUT2D eigenvalue weighted by atomic mass is 10.2. The molecule has 1 N–H and O–H groups in total. The van der Waals surface area contributed by atoms with E-state index in [1.807, 2.05) is 50.1 Å². The minimum Gasteiger partial charge on any atom is -0.310 e. The number of anilines is 1. The van der Waals surface area contributed by atoms with Gasteiger partial charge in [0.05, 0.1) is 12.7 Å². The molecule has 0 bridgehead atoms. The van der Waals surface area contributed by atoms with Crippen molar-refractivity contribution in [1.82, 2.24) is 14.7 Å². The van der Waals surface area contributed by atoms with Crippen molar-refractivity contribution in [1.29, 1.82) is 0 Å². The standard InChI is InChI=1S/C16H21ClN4O/c1-12(2)21-15(8-9-18-21)19-16(22)11-20(3)10-13-4-6-14(17)7-5-13/h4-9,12H,10-11H2,1-3H3,(H,19,22). The molecule has 0 fully saturated rings. The van der Waals surface area contributed by atoms with Gasteiger partial charge in [-0.15, -0.1) is 0 Å². The molecule has 6 heteroatoms. The van der Waals surface area contributed by atoms with Crippen LogP contribution in [0.15, 0.2) is 36.5 Å². The van der Waals surface area contributed by atoms with Crippen LogP contribution in [-0.2, 0) is 11.3 Å². The summed E-state index contributed by atoms with van der Waals surface area (Å²) in [6, 6.07) is 9.64. The number of rotatable bonds is 6. The van der Waals surface area contributed by atoms with E-state index in [0.717, 1.165) is 11.4 Å². The van der Waals surface area contributed by atoms with Gasteiger partial charge in [-0.3, -0.25) is 9.69 Å². The SMILES string of the molecule is CC(C)n1nccc1NC(=O)CN(C)Cc1ccc(Cl)cc1. The van der Waals surface area contributed by atoms with Crippen molar-refractivity contribution in [2.45, 2.75) is 26.4 Å². The molecule has 5 nitrogen and oxygen atoms in total. The summed E-state index contributed by atoms with van der Waals surface area (Å²) >= 11 is 5.87. The Morgan fingerprint density at radius 1 is 1.32 bits per heavy atom. The summed E-state index contributed by atoms with van der Waals surface area (Å²) in [5.74, 6) is 0.666. The van der Waals surface area contributed by atoms with Gasteiger partial charge in [0.2, 0.25) is 5.91 Å². The maximum absolute atomic E-state index is 12.1. The highest BCUT2D eigenvalue weighted by atomic mass is 35.5. The maximum atomic E-state index is 12.1. The Bertz CT molecular complexity index is 621. The Morgan fingerprint density at radius 2 is 2.00 bits per heavy atom. The minimum atomic E-state index is -0.0566. The maximum Gasteiger partial charge on any atom is 0.239 e. The van der Waals surface area contributed by atoms with E-state index in [0.29, 0.717) is 18.1 Å². The topological polar surface area (TPSA) is 50.2 Å². The first-order chi connectivity index (χ1) is 10.5.